The molecule has 3 aliphatic rings. The molecule has 1 aromatic carbocycles. The summed E-state index contributed by atoms with van der Waals surface area (Å²) in [4.78, 5) is 42.1. The van der Waals surface area contributed by atoms with Crippen LogP contribution in [0.25, 0.3) is 0 Å². The van der Waals surface area contributed by atoms with Crippen molar-refractivity contribution in [3.63, 3.8) is 0 Å². The van der Waals surface area contributed by atoms with Gasteiger partial charge in [0.25, 0.3) is 5.91 Å². The number of urea groups is 1. The summed E-state index contributed by atoms with van der Waals surface area (Å²) in [6.07, 6.45) is 3.65. The molecule has 3 aliphatic heterocycles. The Hall–Kier alpha value is -2.41. The largest absolute Gasteiger partial charge is 0.501 e. The van der Waals surface area contributed by atoms with E-state index in [4.69, 9.17) is 0 Å². The third kappa shape index (κ3) is 3.28. The summed E-state index contributed by atoms with van der Waals surface area (Å²) in [5, 5.41) is 1.40. The lowest BCUT2D eigenvalue weighted by atomic mass is 10.0. The molecule has 3 heterocycles. The molecule has 6 nitrogen and oxygen atoms in total. The van der Waals surface area contributed by atoms with E-state index < -0.39 is 11.3 Å². The number of aryl methyl sites for hydroxylation is 1. The summed E-state index contributed by atoms with van der Waals surface area (Å²) in [7, 11) is 0. The van der Waals surface area contributed by atoms with Crippen LogP contribution in [-0.4, -0.2) is 57.9 Å². The summed E-state index contributed by atoms with van der Waals surface area (Å²) in [5.41, 5.74) is 2.71. The molecule has 1 unspecified atom stereocenters. The number of imide groups is 1. The molecular weight excluding hydrogens is 374 g/mol. The average molecular weight is 399 g/mol. The van der Waals surface area contributed by atoms with E-state index in [1.165, 1.54) is 21.2 Å². The van der Waals surface area contributed by atoms with E-state index in [0.29, 0.717) is 18.8 Å². The van der Waals surface area contributed by atoms with Crippen LogP contribution in [0.2, 0.25) is 0 Å². The number of amides is 4. The van der Waals surface area contributed by atoms with Gasteiger partial charge in [0.1, 0.15) is 5.71 Å². The normalized spacial score (nSPS) is 21.5. The molecule has 1 aromatic rings. The van der Waals surface area contributed by atoms with Crippen molar-refractivity contribution in [3.8, 4) is 0 Å². The Morgan fingerprint density at radius 3 is 2.86 bits per heavy atom. The molecule has 0 spiro atoms. The zero-order valence-corrected chi connectivity index (χ0v) is 16.9. The number of fused-ring (bicyclic) bond motifs is 2. The fourth-order valence-electron chi connectivity index (χ4n) is 3.96. The van der Waals surface area contributed by atoms with E-state index in [-0.39, 0.29) is 24.3 Å². The van der Waals surface area contributed by atoms with Crippen LogP contribution >= 0.6 is 11.8 Å². The SMILES string of the molecule is CC(C)CN1C(=O)C2SC=CC2=[N+](CC(=O)N2CCCc3ccccc32)C1=O. The molecule has 146 valence electrons. The van der Waals surface area contributed by atoms with Crippen LogP contribution in [-0.2, 0) is 16.0 Å². The van der Waals surface area contributed by atoms with Gasteiger partial charge in [-0.25, -0.2) is 4.79 Å². The van der Waals surface area contributed by atoms with Gasteiger partial charge in [0, 0.05) is 12.2 Å². The minimum atomic E-state index is -0.433. The highest BCUT2D eigenvalue weighted by molar-refractivity contribution is 8.04. The van der Waals surface area contributed by atoms with Gasteiger partial charge in [-0.2, -0.15) is 14.3 Å². The average Bonchev–Trinajstić information content (AvgIpc) is 3.17. The van der Waals surface area contributed by atoms with Gasteiger partial charge in [0.15, 0.2) is 11.8 Å². The number of nitrogens with zero attached hydrogens (tertiary/aromatic N) is 3. The quantitative estimate of drug-likeness (QED) is 0.732. The molecule has 4 rings (SSSR count). The van der Waals surface area contributed by atoms with E-state index in [9.17, 15) is 14.4 Å². The number of hydrogen-bond donors (Lipinski definition) is 0. The van der Waals surface area contributed by atoms with E-state index in [1.54, 1.807) is 11.0 Å². The van der Waals surface area contributed by atoms with Crippen molar-refractivity contribution in [1.82, 2.24) is 4.90 Å². The summed E-state index contributed by atoms with van der Waals surface area (Å²) < 4.78 is 1.49. The number of carbonyl (C=O) groups excluding carboxylic acids is 3. The Kier molecular flexibility index (Phi) is 5.10. The number of hydrogen-bond acceptors (Lipinski definition) is 4. The summed E-state index contributed by atoms with van der Waals surface area (Å²) in [6.45, 7) is 4.90. The van der Waals surface area contributed by atoms with E-state index in [2.05, 4.69) is 0 Å². The van der Waals surface area contributed by atoms with Crippen LogP contribution in [0.4, 0.5) is 10.5 Å². The first-order valence-corrected chi connectivity index (χ1v) is 10.6. The molecule has 0 N–H and O–H groups in total. The first-order valence-electron chi connectivity index (χ1n) is 9.67. The number of thioether (sulfide) groups is 1. The van der Waals surface area contributed by atoms with E-state index >= 15 is 0 Å². The van der Waals surface area contributed by atoms with Gasteiger partial charge in [-0.1, -0.05) is 32.0 Å². The summed E-state index contributed by atoms with van der Waals surface area (Å²) in [5.74, 6) is -0.132. The zero-order chi connectivity index (χ0) is 19.8. The highest BCUT2D eigenvalue weighted by Crippen LogP contribution is 2.29. The first kappa shape index (κ1) is 18.9. The number of benzene rings is 1. The lowest BCUT2D eigenvalue weighted by molar-refractivity contribution is -0.426. The standard InChI is InChI=1S/C21H24N3O3S/c1-14(2)12-24-20(26)19-17(9-11-28-19)23(21(24)27)13-18(25)22-10-5-7-15-6-3-4-8-16(15)22/h3-4,6,8-9,11,14,19H,5,7,10,12-13H2,1-2H3/q+1. The Balaban J connectivity index is 1.64. The van der Waals surface area contributed by atoms with Crippen molar-refractivity contribution < 1.29 is 19.0 Å². The molecule has 0 aromatic heterocycles. The molecule has 0 bridgehead atoms. The van der Waals surface area contributed by atoms with Crippen molar-refractivity contribution >= 4 is 41.0 Å². The van der Waals surface area contributed by atoms with Crippen molar-refractivity contribution in [2.24, 2.45) is 5.92 Å². The topological polar surface area (TPSA) is 60.7 Å². The predicted molar refractivity (Wildman–Crippen MR) is 110 cm³/mol. The van der Waals surface area contributed by atoms with Crippen LogP contribution in [0, 0.1) is 5.92 Å². The van der Waals surface area contributed by atoms with Crippen molar-refractivity contribution in [3.05, 3.63) is 41.3 Å². The zero-order valence-electron chi connectivity index (χ0n) is 16.1. The second-order valence-electron chi connectivity index (χ2n) is 7.73. The van der Waals surface area contributed by atoms with Gasteiger partial charge in [0.2, 0.25) is 0 Å². The maximum atomic E-state index is 13.2. The van der Waals surface area contributed by atoms with Crippen molar-refractivity contribution in [2.75, 3.05) is 24.5 Å². The van der Waals surface area contributed by atoms with Crippen LogP contribution < -0.4 is 4.90 Å². The third-order valence-corrected chi connectivity index (χ3v) is 6.25. The number of carbonyl (C=O) groups is 3. The molecule has 28 heavy (non-hydrogen) atoms. The van der Waals surface area contributed by atoms with Gasteiger partial charge in [-0.3, -0.25) is 4.79 Å². The van der Waals surface area contributed by atoms with Crippen LogP contribution in [0.15, 0.2) is 35.7 Å². The smallest absolute Gasteiger partial charge is 0.309 e. The Bertz CT molecular complexity index is 906. The molecule has 7 heteroatoms. The van der Waals surface area contributed by atoms with E-state index in [1.807, 2.05) is 43.5 Å². The number of rotatable bonds is 4. The molecule has 4 amide bonds. The van der Waals surface area contributed by atoms with Crippen molar-refractivity contribution in [1.29, 1.82) is 0 Å². The second kappa shape index (κ2) is 7.54. The lowest BCUT2D eigenvalue weighted by Crippen LogP contribution is -2.57. The Morgan fingerprint density at radius 1 is 1.29 bits per heavy atom. The van der Waals surface area contributed by atoms with Gasteiger partial charge >= 0.3 is 11.9 Å². The highest BCUT2D eigenvalue weighted by Gasteiger charge is 2.49. The van der Waals surface area contributed by atoms with Crippen molar-refractivity contribution in [2.45, 2.75) is 31.9 Å². The highest BCUT2D eigenvalue weighted by atomic mass is 32.2. The minimum absolute atomic E-state index is 0.0498. The first-order chi connectivity index (χ1) is 13.5. The summed E-state index contributed by atoms with van der Waals surface area (Å²) >= 11 is 1.39. The van der Waals surface area contributed by atoms with Gasteiger partial charge in [-0.15, -0.1) is 11.8 Å². The molecular formula is C21H24N3O3S+. The van der Waals surface area contributed by atoms with Crippen LogP contribution in [0.5, 0.6) is 0 Å². The number of para-hydroxylation sites is 1. The summed E-state index contributed by atoms with van der Waals surface area (Å²) in [6, 6.07) is 7.53. The number of allylic oxidation sites excluding steroid dienone is 1. The van der Waals surface area contributed by atoms with Crippen LogP contribution in [0.3, 0.4) is 0 Å². The van der Waals surface area contributed by atoms with Gasteiger partial charge in [-0.05, 0) is 41.9 Å². The third-order valence-electron chi connectivity index (χ3n) is 5.24. The maximum Gasteiger partial charge on any atom is 0.501 e. The predicted octanol–water partition coefficient (Wildman–Crippen LogP) is 2.67. The fourth-order valence-corrected chi connectivity index (χ4v) is 4.92. The van der Waals surface area contributed by atoms with Gasteiger partial charge in [0.05, 0.1) is 6.54 Å². The molecule has 0 saturated carbocycles. The molecule has 0 saturated heterocycles. The number of anilines is 1. The lowest BCUT2D eigenvalue weighted by Gasteiger charge is -2.30. The van der Waals surface area contributed by atoms with Gasteiger partial charge < -0.3 is 4.90 Å². The Labute approximate surface area is 168 Å². The monoisotopic (exact) mass is 398 g/mol. The minimum Gasteiger partial charge on any atom is -0.309 e. The Morgan fingerprint density at radius 2 is 2.07 bits per heavy atom. The maximum absolute atomic E-state index is 13.2. The van der Waals surface area contributed by atoms with E-state index in [0.717, 1.165) is 24.1 Å². The molecule has 0 radical (unpaired) electrons. The molecule has 0 fully saturated rings. The van der Waals surface area contributed by atoms with Crippen LogP contribution in [0.1, 0.15) is 25.8 Å². The molecule has 0 aliphatic carbocycles. The second-order valence-corrected chi connectivity index (χ2v) is 8.75. The fraction of sp³-hybridized carbons (Fsp3) is 0.429. The molecule has 1 atom stereocenters.